The number of methoxy groups -OCH3 is 1. The van der Waals surface area contributed by atoms with Crippen LogP contribution in [0.25, 0.3) is 11.3 Å². The fourth-order valence-electron chi connectivity index (χ4n) is 1.99. The fourth-order valence-corrected chi connectivity index (χ4v) is 1.99. The van der Waals surface area contributed by atoms with Crippen molar-refractivity contribution in [3.05, 3.63) is 54.6 Å². The molecule has 0 fully saturated rings. The summed E-state index contributed by atoms with van der Waals surface area (Å²) in [5.41, 5.74) is 1.83. The molecule has 7 nitrogen and oxygen atoms in total. The van der Waals surface area contributed by atoms with Crippen LogP contribution in [-0.2, 0) is 0 Å². The minimum absolute atomic E-state index is 0.226. The molecule has 7 heteroatoms. The average Bonchev–Trinajstić information content (AvgIpc) is 3.04. The topological polar surface area (TPSA) is 92.8 Å². The first-order valence-electron chi connectivity index (χ1n) is 6.54. The van der Waals surface area contributed by atoms with E-state index in [2.05, 4.69) is 25.5 Å². The van der Waals surface area contributed by atoms with Gasteiger partial charge in [0.25, 0.3) is 5.91 Å². The monoisotopic (exact) mass is 295 g/mol. The Bertz CT molecular complexity index is 785. The van der Waals surface area contributed by atoms with Gasteiger partial charge in [0.2, 0.25) is 0 Å². The maximum absolute atomic E-state index is 12.0. The highest BCUT2D eigenvalue weighted by molar-refractivity contribution is 6.02. The van der Waals surface area contributed by atoms with Crippen LogP contribution >= 0.6 is 0 Å². The Morgan fingerprint density at radius 2 is 2.14 bits per heavy atom. The zero-order valence-electron chi connectivity index (χ0n) is 11.8. The summed E-state index contributed by atoms with van der Waals surface area (Å²) in [7, 11) is 1.60. The lowest BCUT2D eigenvalue weighted by molar-refractivity contribution is 0.102. The van der Waals surface area contributed by atoms with Crippen molar-refractivity contribution in [2.45, 2.75) is 0 Å². The number of ether oxygens (including phenoxy) is 1. The van der Waals surface area contributed by atoms with Crippen molar-refractivity contribution in [1.82, 2.24) is 20.2 Å². The van der Waals surface area contributed by atoms with Crippen molar-refractivity contribution in [2.75, 3.05) is 12.4 Å². The van der Waals surface area contributed by atoms with Crippen LogP contribution in [0.4, 0.5) is 5.82 Å². The largest absolute Gasteiger partial charge is 0.496 e. The lowest BCUT2D eigenvalue weighted by atomic mass is 10.1. The maximum atomic E-state index is 12.0. The number of aromatic amines is 1. The molecule has 0 unspecified atom stereocenters. The van der Waals surface area contributed by atoms with Crippen LogP contribution in [0.5, 0.6) is 5.75 Å². The van der Waals surface area contributed by atoms with Gasteiger partial charge >= 0.3 is 0 Å². The molecule has 0 radical (unpaired) electrons. The van der Waals surface area contributed by atoms with Gasteiger partial charge in [0.1, 0.15) is 11.4 Å². The van der Waals surface area contributed by atoms with Crippen LogP contribution in [0.1, 0.15) is 10.5 Å². The predicted molar refractivity (Wildman–Crippen MR) is 80.6 cm³/mol. The van der Waals surface area contributed by atoms with E-state index in [1.54, 1.807) is 13.2 Å². The average molecular weight is 295 g/mol. The molecule has 110 valence electrons. The van der Waals surface area contributed by atoms with E-state index in [0.29, 0.717) is 5.82 Å². The minimum atomic E-state index is -0.369. The van der Waals surface area contributed by atoms with Crippen molar-refractivity contribution in [2.24, 2.45) is 0 Å². The molecule has 0 aliphatic carbocycles. The number of H-pyrrole nitrogens is 1. The molecule has 0 aliphatic heterocycles. The zero-order chi connectivity index (χ0) is 15.4. The van der Waals surface area contributed by atoms with Crippen LogP contribution in [0, 0.1) is 0 Å². The number of benzene rings is 1. The number of para-hydroxylation sites is 1. The normalized spacial score (nSPS) is 10.2. The Hall–Kier alpha value is -3.22. The molecule has 1 amide bonds. The van der Waals surface area contributed by atoms with Crippen molar-refractivity contribution in [3.8, 4) is 17.0 Å². The zero-order valence-corrected chi connectivity index (χ0v) is 11.8. The second-order valence-corrected chi connectivity index (χ2v) is 4.41. The highest BCUT2D eigenvalue weighted by Crippen LogP contribution is 2.29. The van der Waals surface area contributed by atoms with E-state index < -0.39 is 0 Å². The maximum Gasteiger partial charge on any atom is 0.277 e. The first-order valence-corrected chi connectivity index (χ1v) is 6.54. The lowest BCUT2D eigenvalue weighted by Gasteiger charge is -2.05. The van der Waals surface area contributed by atoms with Gasteiger partial charge < -0.3 is 10.1 Å². The predicted octanol–water partition coefficient (Wildman–Crippen LogP) is 2.13. The van der Waals surface area contributed by atoms with Crippen LogP contribution in [0.2, 0.25) is 0 Å². The Labute approximate surface area is 126 Å². The van der Waals surface area contributed by atoms with Gasteiger partial charge in [-0.15, -0.1) is 0 Å². The third-order valence-electron chi connectivity index (χ3n) is 3.01. The summed E-state index contributed by atoms with van der Waals surface area (Å²) in [6.07, 6.45) is 4.36. The Kier molecular flexibility index (Phi) is 3.78. The van der Waals surface area contributed by atoms with Crippen molar-refractivity contribution < 1.29 is 9.53 Å². The van der Waals surface area contributed by atoms with Gasteiger partial charge in [0.05, 0.1) is 19.0 Å². The minimum Gasteiger partial charge on any atom is -0.496 e. The summed E-state index contributed by atoms with van der Waals surface area (Å²) in [6.45, 7) is 0. The van der Waals surface area contributed by atoms with Gasteiger partial charge in [-0.2, -0.15) is 5.10 Å². The molecule has 0 spiro atoms. The molecule has 0 saturated heterocycles. The number of aromatic nitrogens is 4. The first-order chi connectivity index (χ1) is 10.8. The van der Waals surface area contributed by atoms with Crippen LogP contribution in [-0.4, -0.2) is 33.2 Å². The second-order valence-electron chi connectivity index (χ2n) is 4.41. The van der Waals surface area contributed by atoms with Gasteiger partial charge in [-0.1, -0.05) is 12.1 Å². The Morgan fingerprint density at radius 1 is 1.27 bits per heavy atom. The third-order valence-corrected chi connectivity index (χ3v) is 3.01. The van der Waals surface area contributed by atoms with Crippen molar-refractivity contribution in [1.29, 1.82) is 0 Å². The fraction of sp³-hybridized carbons (Fsp3) is 0.0667. The molecule has 0 atom stereocenters. The van der Waals surface area contributed by atoms with Crippen LogP contribution in [0.15, 0.2) is 48.9 Å². The van der Waals surface area contributed by atoms with E-state index in [-0.39, 0.29) is 11.6 Å². The van der Waals surface area contributed by atoms with Gasteiger partial charge in [-0.25, -0.2) is 4.98 Å². The van der Waals surface area contributed by atoms with Crippen LogP contribution < -0.4 is 10.1 Å². The molecule has 2 heterocycles. The molecule has 3 aromatic rings. The molecular formula is C15H13N5O2. The van der Waals surface area contributed by atoms with Gasteiger partial charge in [0.15, 0.2) is 5.82 Å². The summed E-state index contributed by atoms with van der Waals surface area (Å²) >= 11 is 0. The van der Waals surface area contributed by atoms with Gasteiger partial charge in [0, 0.05) is 24.0 Å². The second kappa shape index (κ2) is 6.04. The highest BCUT2D eigenvalue weighted by Gasteiger charge is 2.12. The third kappa shape index (κ3) is 2.78. The van der Waals surface area contributed by atoms with Crippen molar-refractivity contribution in [3.63, 3.8) is 0 Å². The standard InChI is InChI=1S/C15H13N5O2/c1-22-13-5-3-2-4-10(13)11-8-14(20-19-11)18-15(21)12-9-16-6-7-17-12/h2-9H,1H3,(H2,18,19,20,21). The smallest absolute Gasteiger partial charge is 0.277 e. The number of anilines is 1. The molecule has 3 rings (SSSR count). The van der Waals surface area contributed by atoms with Gasteiger partial charge in [-0.05, 0) is 12.1 Å². The summed E-state index contributed by atoms with van der Waals surface area (Å²) in [4.78, 5) is 19.8. The summed E-state index contributed by atoms with van der Waals surface area (Å²) in [6, 6.07) is 9.27. The van der Waals surface area contributed by atoms with Gasteiger partial charge in [-0.3, -0.25) is 14.9 Å². The molecule has 0 aliphatic rings. The number of amides is 1. The van der Waals surface area contributed by atoms with Crippen molar-refractivity contribution >= 4 is 11.7 Å². The number of hydrogen-bond donors (Lipinski definition) is 2. The van der Waals surface area contributed by atoms with E-state index in [9.17, 15) is 4.79 Å². The van der Waals surface area contributed by atoms with E-state index in [1.807, 2.05) is 24.3 Å². The van der Waals surface area contributed by atoms with E-state index in [1.165, 1.54) is 18.6 Å². The summed E-state index contributed by atoms with van der Waals surface area (Å²) < 4.78 is 5.31. The number of carbonyl (C=O) groups is 1. The summed E-state index contributed by atoms with van der Waals surface area (Å²) in [5, 5.41) is 9.61. The number of rotatable bonds is 4. The number of nitrogens with one attached hydrogen (secondary N) is 2. The molecule has 2 N–H and O–H groups in total. The number of carbonyl (C=O) groups excluding carboxylic acids is 1. The SMILES string of the molecule is COc1ccccc1-c1cc(NC(=O)c2cnccn2)n[nH]1. The highest BCUT2D eigenvalue weighted by atomic mass is 16.5. The van der Waals surface area contributed by atoms with E-state index >= 15 is 0 Å². The molecule has 0 saturated carbocycles. The van der Waals surface area contributed by atoms with E-state index in [4.69, 9.17) is 4.74 Å². The summed E-state index contributed by atoms with van der Waals surface area (Å²) in [5.74, 6) is 0.751. The molecule has 1 aromatic carbocycles. The molecule has 2 aromatic heterocycles. The quantitative estimate of drug-likeness (QED) is 0.769. The molecule has 22 heavy (non-hydrogen) atoms. The molecule has 0 bridgehead atoms. The Balaban J connectivity index is 1.81. The number of nitrogens with zero attached hydrogens (tertiary/aromatic N) is 3. The molecular weight excluding hydrogens is 282 g/mol. The first kappa shape index (κ1) is 13.7. The Morgan fingerprint density at radius 3 is 2.91 bits per heavy atom. The van der Waals surface area contributed by atoms with E-state index in [0.717, 1.165) is 17.0 Å². The van der Waals surface area contributed by atoms with Crippen LogP contribution in [0.3, 0.4) is 0 Å². The number of hydrogen-bond acceptors (Lipinski definition) is 5. The lowest BCUT2D eigenvalue weighted by Crippen LogP contribution is -2.13.